The molecule has 0 radical (unpaired) electrons. The van der Waals surface area contributed by atoms with Crippen LogP contribution in [0.4, 0.5) is 0 Å². The highest BCUT2D eigenvalue weighted by Gasteiger charge is 2.26. The highest BCUT2D eigenvalue weighted by molar-refractivity contribution is 14.0. The van der Waals surface area contributed by atoms with Crippen LogP contribution in [0.5, 0.6) is 0 Å². The number of carbonyl (C=O) groups is 1. The minimum Gasteiger partial charge on any atom is -0.469 e. The van der Waals surface area contributed by atoms with Crippen molar-refractivity contribution in [2.45, 2.75) is 26.2 Å². The topological polar surface area (TPSA) is 63.2 Å². The molecule has 21 heavy (non-hydrogen) atoms. The van der Waals surface area contributed by atoms with E-state index in [4.69, 9.17) is 9.47 Å². The zero-order valence-electron chi connectivity index (χ0n) is 13.3. The van der Waals surface area contributed by atoms with Gasteiger partial charge in [0.2, 0.25) is 0 Å². The predicted molar refractivity (Wildman–Crippen MR) is 94.2 cm³/mol. The van der Waals surface area contributed by atoms with Crippen LogP contribution in [0.3, 0.4) is 0 Å². The van der Waals surface area contributed by atoms with Gasteiger partial charge in [0.1, 0.15) is 0 Å². The molecule has 6 nitrogen and oxygen atoms in total. The molecule has 1 aliphatic heterocycles. The smallest absolute Gasteiger partial charge is 0.308 e. The number of carbonyl (C=O) groups excluding carboxylic acids is 1. The second-order valence-electron chi connectivity index (χ2n) is 4.81. The lowest BCUT2D eigenvalue weighted by Gasteiger charge is -2.33. The summed E-state index contributed by atoms with van der Waals surface area (Å²) in [7, 11) is 3.24. The lowest BCUT2D eigenvalue weighted by atomic mass is 9.97. The summed E-state index contributed by atoms with van der Waals surface area (Å²) >= 11 is 0. The van der Waals surface area contributed by atoms with E-state index in [-0.39, 0.29) is 35.9 Å². The lowest BCUT2D eigenvalue weighted by Crippen LogP contribution is -2.47. The molecule has 7 heteroatoms. The van der Waals surface area contributed by atoms with E-state index in [0.29, 0.717) is 0 Å². The molecule has 1 heterocycles. The molecule has 0 aliphatic carbocycles. The number of hydrogen-bond acceptors (Lipinski definition) is 4. The van der Waals surface area contributed by atoms with Crippen LogP contribution in [0, 0.1) is 5.92 Å². The Hall–Kier alpha value is -0.570. The molecule has 1 fully saturated rings. The molecule has 0 spiro atoms. The molecule has 1 saturated heterocycles. The van der Waals surface area contributed by atoms with Crippen LogP contribution in [0.25, 0.3) is 0 Å². The van der Waals surface area contributed by atoms with Gasteiger partial charge in [-0.1, -0.05) is 0 Å². The van der Waals surface area contributed by atoms with E-state index in [1.54, 1.807) is 7.05 Å². The first kappa shape index (κ1) is 20.4. The van der Waals surface area contributed by atoms with Crippen molar-refractivity contribution >= 4 is 35.9 Å². The number of piperidine rings is 1. The van der Waals surface area contributed by atoms with Crippen molar-refractivity contribution in [2.24, 2.45) is 10.9 Å². The molecule has 0 aromatic rings. The van der Waals surface area contributed by atoms with Crippen LogP contribution in [-0.4, -0.2) is 63.8 Å². The number of rotatable bonds is 6. The number of halogens is 1. The van der Waals surface area contributed by atoms with Crippen LogP contribution in [-0.2, 0) is 14.3 Å². The summed E-state index contributed by atoms with van der Waals surface area (Å²) < 4.78 is 10.1. The van der Waals surface area contributed by atoms with Crippen molar-refractivity contribution in [3.05, 3.63) is 0 Å². The van der Waals surface area contributed by atoms with Gasteiger partial charge in [-0.25, -0.2) is 0 Å². The average Bonchev–Trinajstić information content (AvgIpc) is 2.50. The fourth-order valence-corrected chi connectivity index (χ4v) is 2.34. The molecular weight excluding hydrogens is 385 g/mol. The molecule has 0 unspecified atom stereocenters. The maximum absolute atomic E-state index is 11.5. The third-order valence-electron chi connectivity index (χ3n) is 3.49. The normalized spacial score (nSPS) is 16.3. The minimum absolute atomic E-state index is 0. The van der Waals surface area contributed by atoms with Gasteiger partial charge < -0.3 is 19.7 Å². The van der Waals surface area contributed by atoms with Gasteiger partial charge in [0.25, 0.3) is 0 Å². The number of nitrogens with zero attached hydrogens (tertiary/aromatic N) is 2. The molecule has 0 saturated carbocycles. The van der Waals surface area contributed by atoms with Gasteiger partial charge in [0.15, 0.2) is 5.96 Å². The van der Waals surface area contributed by atoms with Gasteiger partial charge in [-0.2, -0.15) is 0 Å². The van der Waals surface area contributed by atoms with E-state index in [1.165, 1.54) is 7.11 Å². The highest BCUT2D eigenvalue weighted by Crippen LogP contribution is 2.18. The Labute approximate surface area is 144 Å². The number of methoxy groups -OCH3 is 1. The van der Waals surface area contributed by atoms with E-state index >= 15 is 0 Å². The largest absolute Gasteiger partial charge is 0.469 e. The van der Waals surface area contributed by atoms with E-state index in [9.17, 15) is 4.79 Å². The Bertz CT molecular complexity index is 319. The maximum Gasteiger partial charge on any atom is 0.308 e. The van der Waals surface area contributed by atoms with Gasteiger partial charge in [-0.3, -0.25) is 9.79 Å². The van der Waals surface area contributed by atoms with Gasteiger partial charge in [0, 0.05) is 39.9 Å². The summed E-state index contributed by atoms with van der Waals surface area (Å²) in [5.74, 6) is 0.849. The summed E-state index contributed by atoms with van der Waals surface area (Å²) in [6.07, 6.45) is 2.62. The second-order valence-corrected chi connectivity index (χ2v) is 4.81. The molecule has 0 bridgehead atoms. The second kappa shape index (κ2) is 12.0. The van der Waals surface area contributed by atoms with Gasteiger partial charge in [0.05, 0.1) is 13.0 Å². The van der Waals surface area contributed by atoms with E-state index in [1.807, 2.05) is 6.92 Å². The first-order chi connectivity index (χ1) is 9.72. The average molecular weight is 413 g/mol. The quantitative estimate of drug-likeness (QED) is 0.235. The Morgan fingerprint density at radius 1 is 1.38 bits per heavy atom. The minimum atomic E-state index is -0.0932. The van der Waals surface area contributed by atoms with Crippen LogP contribution in [0.1, 0.15) is 26.2 Å². The molecule has 0 amide bonds. The van der Waals surface area contributed by atoms with E-state index in [2.05, 4.69) is 15.2 Å². The molecule has 1 rings (SSSR count). The molecule has 0 aromatic carbocycles. The number of likely N-dealkylation sites (tertiary alicyclic amines) is 1. The SMILES string of the molecule is CCOCCCNC(=NC)N1CCC(C(=O)OC)CC1.I. The molecule has 1 N–H and O–H groups in total. The Morgan fingerprint density at radius 3 is 2.57 bits per heavy atom. The van der Waals surface area contributed by atoms with E-state index < -0.39 is 0 Å². The zero-order chi connectivity index (χ0) is 14.8. The van der Waals surface area contributed by atoms with Gasteiger partial charge in [-0.05, 0) is 26.2 Å². The standard InChI is InChI=1S/C14H27N3O3.HI/c1-4-20-11-5-8-16-14(15-2)17-9-6-12(7-10-17)13(18)19-3;/h12H,4-11H2,1-3H3,(H,15,16);1H. The third kappa shape index (κ3) is 7.30. The summed E-state index contributed by atoms with van der Waals surface area (Å²) in [5.41, 5.74) is 0. The lowest BCUT2D eigenvalue weighted by molar-refractivity contribution is -0.146. The van der Waals surface area contributed by atoms with Crippen LogP contribution in [0.2, 0.25) is 0 Å². The molecule has 0 atom stereocenters. The monoisotopic (exact) mass is 413 g/mol. The molecular formula is C14H28IN3O3. The summed E-state index contributed by atoms with van der Waals surface area (Å²) in [6.45, 7) is 6.05. The third-order valence-corrected chi connectivity index (χ3v) is 3.49. The van der Waals surface area contributed by atoms with Crippen molar-refractivity contribution in [3.8, 4) is 0 Å². The van der Waals surface area contributed by atoms with Crippen LogP contribution in [0.15, 0.2) is 4.99 Å². The first-order valence-corrected chi connectivity index (χ1v) is 7.34. The van der Waals surface area contributed by atoms with Gasteiger partial charge >= 0.3 is 5.97 Å². The van der Waals surface area contributed by atoms with Crippen molar-refractivity contribution in [1.82, 2.24) is 10.2 Å². The molecule has 0 aromatic heterocycles. The number of hydrogen-bond donors (Lipinski definition) is 1. The Morgan fingerprint density at radius 2 is 2.05 bits per heavy atom. The van der Waals surface area contributed by atoms with Crippen LogP contribution < -0.4 is 5.32 Å². The van der Waals surface area contributed by atoms with E-state index in [0.717, 1.165) is 58.1 Å². The van der Waals surface area contributed by atoms with Gasteiger partial charge in [-0.15, -0.1) is 24.0 Å². The summed E-state index contributed by atoms with van der Waals surface area (Å²) in [6, 6.07) is 0. The van der Waals surface area contributed by atoms with Crippen LogP contribution >= 0.6 is 24.0 Å². The molecule has 124 valence electrons. The Kier molecular flexibility index (Phi) is 11.7. The van der Waals surface area contributed by atoms with Crippen molar-refractivity contribution < 1.29 is 14.3 Å². The highest BCUT2D eigenvalue weighted by atomic mass is 127. The number of ether oxygens (including phenoxy) is 2. The van der Waals surface area contributed by atoms with Crippen molar-refractivity contribution in [3.63, 3.8) is 0 Å². The predicted octanol–water partition coefficient (Wildman–Crippen LogP) is 1.49. The fraction of sp³-hybridized carbons (Fsp3) is 0.857. The fourth-order valence-electron chi connectivity index (χ4n) is 2.34. The summed E-state index contributed by atoms with van der Waals surface area (Å²) in [4.78, 5) is 18.0. The number of aliphatic imine (C=N–C) groups is 1. The maximum atomic E-state index is 11.5. The summed E-state index contributed by atoms with van der Waals surface area (Å²) in [5, 5.41) is 3.34. The first-order valence-electron chi connectivity index (χ1n) is 7.34. The number of guanidine groups is 1. The zero-order valence-corrected chi connectivity index (χ0v) is 15.6. The van der Waals surface area contributed by atoms with Crippen molar-refractivity contribution in [1.29, 1.82) is 0 Å². The Balaban J connectivity index is 0.00000400. The molecule has 1 aliphatic rings. The van der Waals surface area contributed by atoms with Crippen molar-refractivity contribution in [2.75, 3.05) is 47.0 Å². The number of esters is 1. The number of nitrogens with one attached hydrogen (secondary N) is 1.